The highest BCUT2D eigenvalue weighted by Crippen LogP contribution is 2.12. The molecule has 6 heteroatoms. The fraction of sp³-hybridized carbons (Fsp3) is 0.818. The summed E-state index contributed by atoms with van der Waals surface area (Å²) in [5.41, 5.74) is 1.88. The summed E-state index contributed by atoms with van der Waals surface area (Å²) in [6, 6.07) is 0. The van der Waals surface area contributed by atoms with Crippen LogP contribution in [0.4, 0.5) is 0 Å². The Morgan fingerprint density at radius 2 is 1.88 bits per heavy atom. The Labute approximate surface area is 104 Å². The molecule has 0 bridgehead atoms. The molecular weight excluding hydrogens is 240 g/mol. The second-order valence-corrected chi connectivity index (χ2v) is 6.72. The van der Waals surface area contributed by atoms with E-state index in [2.05, 4.69) is 0 Å². The highest BCUT2D eigenvalue weighted by molar-refractivity contribution is 6.66. The van der Waals surface area contributed by atoms with Gasteiger partial charge in [0.1, 0.15) is 6.10 Å². The molecule has 0 aromatic rings. The van der Waals surface area contributed by atoms with E-state index in [1.165, 1.54) is 0 Å². The van der Waals surface area contributed by atoms with Crippen molar-refractivity contribution < 1.29 is 22.8 Å². The molecule has 1 aliphatic rings. The van der Waals surface area contributed by atoms with Crippen molar-refractivity contribution in [2.75, 3.05) is 34.5 Å². The first kappa shape index (κ1) is 14.8. The molecule has 0 N–H and O–H groups in total. The van der Waals surface area contributed by atoms with Crippen LogP contribution < -0.4 is 0 Å². The van der Waals surface area contributed by atoms with E-state index in [4.69, 9.17) is 22.8 Å². The van der Waals surface area contributed by atoms with E-state index in [9.17, 15) is 0 Å². The highest BCUT2D eigenvalue weighted by atomic mass is 28.4. The molecule has 0 radical (unpaired) electrons. The van der Waals surface area contributed by atoms with E-state index in [0.29, 0.717) is 12.7 Å². The first-order valence-electron chi connectivity index (χ1n) is 5.72. The molecule has 1 aliphatic heterocycles. The van der Waals surface area contributed by atoms with Gasteiger partial charge in [0.25, 0.3) is 0 Å². The molecule has 1 saturated heterocycles. The lowest BCUT2D eigenvalue weighted by molar-refractivity contribution is 0.0563. The van der Waals surface area contributed by atoms with Crippen molar-refractivity contribution in [1.82, 2.24) is 0 Å². The van der Waals surface area contributed by atoms with Crippen LogP contribution in [0.2, 0.25) is 0 Å². The van der Waals surface area contributed by atoms with Gasteiger partial charge in [-0.2, -0.15) is 0 Å². The van der Waals surface area contributed by atoms with Crippen molar-refractivity contribution in [3.63, 3.8) is 0 Å². The predicted molar refractivity (Wildman–Crippen MR) is 65.7 cm³/mol. The zero-order valence-corrected chi connectivity index (χ0v) is 12.0. The summed E-state index contributed by atoms with van der Waals surface area (Å²) in [6.07, 6.45) is 3.26. The summed E-state index contributed by atoms with van der Waals surface area (Å²) in [5, 5.41) is 0. The maximum atomic E-state index is 5.60. The fourth-order valence-corrected chi connectivity index (χ4v) is 2.70. The molecule has 0 saturated carbocycles. The molecule has 5 nitrogen and oxygen atoms in total. The van der Waals surface area contributed by atoms with Gasteiger partial charge >= 0.3 is 8.80 Å². The minimum Gasteiger partial charge on any atom is -0.375 e. The highest BCUT2D eigenvalue weighted by Gasteiger charge is 2.34. The topological polar surface area (TPSA) is 49.5 Å². The molecule has 1 rings (SSSR count). The molecule has 0 amide bonds. The van der Waals surface area contributed by atoms with E-state index >= 15 is 0 Å². The van der Waals surface area contributed by atoms with Crippen LogP contribution in [0, 0.1) is 0 Å². The summed E-state index contributed by atoms with van der Waals surface area (Å²) in [7, 11) is 2.20. The number of rotatable bonds is 9. The third-order valence-electron chi connectivity index (χ3n) is 2.61. The molecule has 100 valence electrons. The maximum Gasteiger partial charge on any atom is 0.528 e. The third-order valence-corrected chi connectivity index (χ3v) is 4.96. The quantitative estimate of drug-likeness (QED) is 0.461. The average molecular weight is 262 g/mol. The number of ether oxygens (including phenoxy) is 2. The predicted octanol–water partition coefficient (Wildman–Crippen LogP) is 1.15. The van der Waals surface area contributed by atoms with Crippen molar-refractivity contribution >= 4 is 8.80 Å². The van der Waals surface area contributed by atoms with Gasteiger partial charge in [0.2, 0.25) is 0 Å². The smallest absolute Gasteiger partial charge is 0.375 e. The molecule has 17 heavy (non-hydrogen) atoms. The van der Waals surface area contributed by atoms with E-state index in [0.717, 1.165) is 13.0 Å². The standard InChI is InChI=1S/C11H22O5Si/c1-10(15-8-11-9-16-11)6-5-7-17(12-2,13-3)14-4/h5,7,10-11H,6,8-9H2,1-4H3/b7-5+. The van der Waals surface area contributed by atoms with Crippen LogP contribution in [0.15, 0.2) is 11.8 Å². The van der Waals surface area contributed by atoms with E-state index < -0.39 is 8.80 Å². The van der Waals surface area contributed by atoms with E-state index in [1.54, 1.807) is 21.3 Å². The van der Waals surface area contributed by atoms with Crippen molar-refractivity contribution in [2.45, 2.75) is 25.6 Å². The van der Waals surface area contributed by atoms with Gasteiger partial charge in [0, 0.05) is 21.3 Å². The Bertz CT molecular complexity index is 230. The third kappa shape index (κ3) is 5.28. The zero-order valence-electron chi connectivity index (χ0n) is 11.0. The summed E-state index contributed by atoms with van der Waals surface area (Å²) in [4.78, 5) is 0. The Kier molecular flexibility index (Phi) is 6.32. The zero-order chi connectivity index (χ0) is 12.7. The lowest BCUT2D eigenvalue weighted by Gasteiger charge is -2.20. The summed E-state index contributed by atoms with van der Waals surface area (Å²) >= 11 is 0. The van der Waals surface area contributed by atoms with Gasteiger partial charge in [-0.3, -0.25) is 0 Å². The second kappa shape index (κ2) is 7.25. The molecule has 1 fully saturated rings. The van der Waals surface area contributed by atoms with Crippen molar-refractivity contribution in [1.29, 1.82) is 0 Å². The summed E-state index contributed by atoms with van der Waals surface area (Å²) in [6.45, 7) is 3.54. The van der Waals surface area contributed by atoms with Crippen LogP contribution in [0.25, 0.3) is 0 Å². The molecule has 2 unspecified atom stereocenters. The molecular formula is C11H22O5Si. The van der Waals surface area contributed by atoms with Gasteiger partial charge in [0.05, 0.1) is 19.3 Å². The van der Waals surface area contributed by atoms with E-state index in [-0.39, 0.29) is 6.10 Å². The van der Waals surface area contributed by atoms with Gasteiger partial charge in [-0.25, -0.2) is 0 Å². The van der Waals surface area contributed by atoms with Crippen LogP contribution in [0.5, 0.6) is 0 Å². The second-order valence-electron chi connectivity index (χ2n) is 3.95. The molecule has 1 heterocycles. The van der Waals surface area contributed by atoms with Crippen LogP contribution >= 0.6 is 0 Å². The Balaban J connectivity index is 2.25. The first-order valence-corrected chi connectivity index (χ1v) is 7.52. The Morgan fingerprint density at radius 3 is 2.35 bits per heavy atom. The van der Waals surface area contributed by atoms with Crippen LogP contribution in [-0.4, -0.2) is 55.6 Å². The van der Waals surface area contributed by atoms with Crippen molar-refractivity contribution in [2.24, 2.45) is 0 Å². The Morgan fingerprint density at radius 1 is 1.29 bits per heavy atom. The first-order chi connectivity index (χ1) is 8.15. The minimum absolute atomic E-state index is 0.160. The number of epoxide rings is 1. The maximum absolute atomic E-state index is 5.60. The lowest BCUT2D eigenvalue weighted by atomic mass is 10.3. The summed E-state index contributed by atoms with van der Waals surface area (Å²) in [5.74, 6) is 0. The van der Waals surface area contributed by atoms with Crippen molar-refractivity contribution in [3.8, 4) is 0 Å². The Hall–Kier alpha value is -0.243. The largest absolute Gasteiger partial charge is 0.528 e. The van der Waals surface area contributed by atoms with Gasteiger partial charge < -0.3 is 22.8 Å². The summed E-state index contributed by atoms with van der Waals surface area (Å²) < 4.78 is 26.5. The average Bonchev–Trinajstić information content (AvgIpc) is 3.17. The lowest BCUT2D eigenvalue weighted by Crippen LogP contribution is -2.41. The molecule has 0 aromatic heterocycles. The van der Waals surface area contributed by atoms with E-state index in [1.807, 2.05) is 18.7 Å². The minimum atomic E-state index is -2.58. The molecule has 2 atom stereocenters. The number of hydrogen-bond donors (Lipinski definition) is 0. The number of hydrogen-bond acceptors (Lipinski definition) is 5. The van der Waals surface area contributed by atoms with Gasteiger partial charge in [-0.05, 0) is 19.0 Å². The SMILES string of the molecule is CO[Si](/C=C/CC(C)OCC1CO1)(OC)OC. The fourth-order valence-electron chi connectivity index (χ4n) is 1.36. The molecule has 0 aromatic carbocycles. The van der Waals surface area contributed by atoms with Crippen LogP contribution in [0.1, 0.15) is 13.3 Å². The van der Waals surface area contributed by atoms with Gasteiger partial charge in [-0.15, -0.1) is 0 Å². The van der Waals surface area contributed by atoms with Crippen LogP contribution in [-0.2, 0) is 22.8 Å². The van der Waals surface area contributed by atoms with Crippen LogP contribution in [0.3, 0.4) is 0 Å². The molecule has 0 spiro atoms. The normalized spacial score (nSPS) is 22.0. The molecule has 0 aliphatic carbocycles. The monoisotopic (exact) mass is 262 g/mol. The van der Waals surface area contributed by atoms with Crippen molar-refractivity contribution in [3.05, 3.63) is 11.8 Å². The van der Waals surface area contributed by atoms with Gasteiger partial charge in [-0.1, -0.05) is 6.08 Å². The van der Waals surface area contributed by atoms with Gasteiger partial charge in [0.15, 0.2) is 0 Å².